The summed E-state index contributed by atoms with van der Waals surface area (Å²) in [5.74, 6) is -0.417. The monoisotopic (exact) mass is 292 g/mol. The van der Waals surface area contributed by atoms with E-state index in [1.165, 1.54) is 41.7 Å². The Kier molecular flexibility index (Phi) is 5.34. The van der Waals surface area contributed by atoms with Crippen molar-refractivity contribution in [2.75, 3.05) is 12.5 Å². The zero-order valence-corrected chi connectivity index (χ0v) is 11.4. The fourth-order valence-corrected chi connectivity index (χ4v) is 2.36. The lowest BCUT2D eigenvalue weighted by Gasteiger charge is -2.07. The highest BCUT2D eigenvalue weighted by molar-refractivity contribution is 8.21. The van der Waals surface area contributed by atoms with Crippen LogP contribution in [-0.2, 0) is 6.18 Å². The summed E-state index contributed by atoms with van der Waals surface area (Å²) in [5.41, 5.74) is -0.762. The highest BCUT2D eigenvalue weighted by atomic mass is 32.2. The number of rotatable bonds is 4. The second-order valence-corrected chi connectivity index (χ2v) is 5.27. The van der Waals surface area contributed by atoms with Gasteiger partial charge in [-0.25, -0.2) is 0 Å². The molecule has 0 spiro atoms. The molecule has 0 aliphatic heterocycles. The van der Waals surface area contributed by atoms with E-state index in [0.29, 0.717) is 0 Å². The number of thioether (sulfide) groups is 2. The number of carbonyl (C=O) groups is 1. The van der Waals surface area contributed by atoms with Crippen molar-refractivity contribution in [3.8, 4) is 0 Å². The maximum Gasteiger partial charge on any atom is 0.416 e. The number of halogens is 3. The van der Waals surface area contributed by atoms with E-state index in [4.69, 9.17) is 0 Å². The minimum atomic E-state index is -4.43. The van der Waals surface area contributed by atoms with Gasteiger partial charge in [-0.2, -0.15) is 13.2 Å². The lowest BCUT2D eigenvalue weighted by atomic mass is 10.1. The smallest absolute Gasteiger partial charge is 0.289 e. The van der Waals surface area contributed by atoms with Gasteiger partial charge in [0.1, 0.15) is 0 Å². The van der Waals surface area contributed by atoms with Crippen LogP contribution in [0.5, 0.6) is 0 Å². The van der Waals surface area contributed by atoms with E-state index >= 15 is 0 Å². The highest BCUT2D eigenvalue weighted by Gasteiger charge is 2.30. The molecular weight excluding hydrogens is 281 g/mol. The number of benzene rings is 1. The first kappa shape index (κ1) is 15.2. The van der Waals surface area contributed by atoms with E-state index in [0.717, 1.165) is 16.4 Å². The van der Waals surface area contributed by atoms with Crippen molar-refractivity contribution in [1.82, 2.24) is 0 Å². The van der Waals surface area contributed by atoms with Crippen molar-refractivity contribution < 1.29 is 18.0 Å². The Morgan fingerprint density at radius 2 is 1.83 bits per heavy atom. The first-order valence-corrected chi connectivity index (χ1v) is 7.34. The molecule has 0 heterocycles. The molecular formula is C12H11F3OS2. The molecule has 0 unspecified atom stereocenters. The second kappa shape index (κ2) is 6.33. The average molecular weight is 292 g/mol. The van der Waals surface area contributed by atoms with Gasteiger partial charge in [-0.15, -0.1) is 23.5 Å². The van der Waals surface area contributed by atoms with Gasteiger partial charge in [-0.1, -0.05) is 12.1 Å². The molecule has 18 heavy (non-hydrogen) atoms. The van der Waals surface area contributed by atoms with Crippen LogP contribution in [-0.4, -0.2) is 18.3 Å². The maximum absolute atomic E-state index is 12.5. The third-order valence-electron chi connectivity index (χ3n) is 2.13. The molecule has 0 radical (unpaired) electrons. The fourth-order valence-electron chi connectivity index (χ4n) is 1.24. The summed E-state index contributed by atoms with van der Waals surface area (Å²) in [5, 5.41) is 0. The SMILES string of the molecule is CSC(=CC(=O)c1cccc(C(F)(F)F)c1)SC. The predicted octanol–water partition coefficient (Wildman–Crippen LogP) is 4.46. The Balaban J connectivity index is 3.04. The summed E-state index contributed by atoms with van der Waals surface area (Å²) >= 11 is 2.77. The zero-order chi connectivity index (χ0) is 13.8. The van der Waals surface area contributed by atoms with Crippen LogP contribution < -0.4 is 0 Å². The Morgan fingerprint density at radius 1 is 1.22 bits per heavy atom. The number of hydrogen-bond acceptors (Lipinski definition) is 3. The lowest BCUT2D eigenvalue weighted by molar-refractivity contribution is -0.137. The molecule has 0 aliphatic rings. The molecule has 0 bridgehead atoms. The number of alkyl halides is 3. The van der Waals surface area contributed by atoms with E-state index in [-0.39, 0.29) is 5.56 Å². The molecule has 0 amide bonds. The van der Waals surface area contributed by atoms with Crippen LogP contribution in [0, 0.1) is 0 Å². The molecule has 0 fully saturated rings. The summed E-state index contributed by atoms with van der Waals surface area (Å²) in [6, 6.07) is 4.44. The van der Waals surface area contributed by atoms with E-state index in [1.807, 2.05) is 12.5 Å². The molecule has 98 valence electrons. The van der Waals surface area contributed by atoms with Crippen molar-refractivity contribution in [3.05, 3.63) is 45.7 Å². The molecule has 1 aromatic rings. The van der Waals surface area contributed by atoms with Crippen LogP contribution in [0.25, 0.3) is 0 Å². The standard InChI is InChI=1S/C12H11F3OS2/c1-17-11(18-2)7-10(16)8-4-3-5-9(6-8)12(13,14)15/h3-7H,1-2H3. The van der Waals surface area contributed by atoms with Gasteiger partial charge in [0, 0.05) is 15.9 Å². The van der Waals surface area contributed by atoms with Gasteiger partial charge in [0.25, 0.3) is 0 Å². The van der Waals surface area contributed by atoms with Crippen molar-refractivity contribution in [2.45, 2.75) is 6.18 Å². The summed E-state index contributed by atoms with van der Waals surface area (Å²) in [7, 11) is 0. The number of ketones is 1. The van der Waals surface area contributed by atoms with Crippen molar-refractivity contribution >= 4 is 29.3 Å². The Hall–Kier alpha value is -0.880. The van der Waals surface area contributed by atoms with Crippen molar-refractivity contribution in [3.63, 3.8) is 0 Å². The molecule has 1 nitrogen and oxygen atoms in total. The highest BCUT2D eigenvalue weighted by Crippen LogP contribution is 2.30. The van der Waals surface area contributed by atoms with Crippen LogP contribution in [0.4, 0.5) is 13.2 Å². The van der Waals surface area contributed by atoms with Gasteiger partial charge in [-0.05, 0) is 24.6 Å². The fraction of sp³-hybridized carbons (Fsp3) is 0.250. The quantitative estimate of drug-likeness (QED) is 0.602. The van der Waals surface area contributed by atoms with Gasteiger partial charge in [-0.3, -0.25) is 4.79 Å². The Bertz CT molecular complexity index is 461. The molecule has 0 aromatic heterocycles. The van der Waals surface area contributed by atoms with E-state index < -0.39 is 17.5 Å². The molecule has 0 aliphatic carbocycles. The minimum absolute atomic E-state index is 0.0467. The number of allylic oxidation sites excluding steroid dienone is 1. The third-order valence-corrected chi connectivity index (χ3v) is 4.17. The Labute approximate surface area is 112 Å². The number of carbonyl (C=O) groups excluding carboxylic acids is 1. The molecule has 0 saturated carbocycles. The molecule has 0 atom stereocenters. The molecule has 0 N–H and O–H groups in total. The molecule has 0 saturated heterocycles. The van der Waals surface area contributed by atoms with E-state index in [1.54, 1.807) is 0 Å². The topological polar surface area (TPSA) is 17.1 Å². The molecule has 6 heteroatoms. The van der Waals surface area contributed by atoms with Crippen LogP contribution in [0.2, 0.25) is 0 Å². The zero-order valence-electron chi connectivity index (χ0n) is 9.75. The summed E-state index contributed by atoms with van der Waals surface area (Å²) in [4.78, 5) is 11.8. The minimum Gasteiger partial charge on any atom is -0.289 e. The van der Waals surface area contributed by atoms with Gasteiger partial charge in [0.05, 0.1) is 5.56 Å². The summed E-state index contributed by atoms with van der Waals surface area (Å²) in [6.07, 6.45) is 0.538. The van der Waals surface area contributed by atoms with Gasteiger partial charge in [0.15, 0.2) is 5.78 Å². The van der Waals surface area contributed by atoms with E-state index in [9.17, 15) is 18.0 Å². The summed E-state index contributed by atoms with van der Waals surface area (Å²) < 4.78 is 38.2. The Morgan fingerprint density at radius 3 is 2.33 bits per heavy atom. The van der Waals surface area contributed by atoms with Crippen molar-refractivity contribution in [2.24, 2.45) is 0 Å². The third kappa shape index (κ3) is 4.10. The first-order chi connectivity index (χ1) is 8.38. The normalized spacial score (nSPS) is 11.2. The van der Waals surface area contributed by atoms with Gasteiger partial charge >= 0.3 is 6.18 Å². The second-order valence-electron chi connectivity index (χ2n) is 3.31. The van der Waals surface area contributed by atoms with Crippen LogP contribution >= 0.6 is 23.5 Å². The van der Waals surface area contributed by atoms with Crippen LogP contribution in [0.1, 0.15) is 15.9 Å². The van der Waals surface area contributed by atoms with E-state index in [2.05, 4.69) is 0 Å². The summed E-state index contributed by atoms with van der Waals surface area (Å²) in [6.45, 7) is 0. The van der Waals surface area contributed by atoms with Gasteiger partial charge < -0.3 is 0 Å². The van der Waals surface area contributed by atoms with Crippen molar-refractivity contribution in [1.29, 1.82) is 0 Å². The number of hydrogen-bond donors (Lipinski definition) is 0. The molecule has 1 aromatic carbocycles. The first-order valence-electron chi connectivity index (χ1n) is 4.89. The van der Waals surface area contributed by atoms with Crippen LogP contribution in [0.3, 0.4) is 0 Å². The van der Waals surface area contributed by atoms with Gasteiger partial charge in [0.2, 0.25) is 0 Å². The maximum atomic E-state index is 12.5. The van der Waals surface area contributed by atoms with Crippen LogP contribution in [0.15, 0.2) is 34.6 Å². The molecule has 1 rings (SSSR count). The lowest BCUT2D eigenvalue weighted by Crippen LogP contribution is -2.06. The average Bonchev–Trinajstić information content (AvgIpc) is 2.34. The largest absolute Gasteiger partial charge is 0.416 e. The predicted molar refractivity (Wildman–Crippen MR) is 70.9 cm³/mol.